The van der Waals surface area contributed by atoms with Crippen molar-refractivity contribution in [2.45, 2.75) is 123 Å². The summed E-state index contributed by atoms with van der Waals surface area (Å²) in [5, 5.41) is 0. The molecule has 0 saturated carbocycles. The molecule has 0 unspecified atom stereocenters. The molecule has 0 N–H and O–H groups in total. The van der Waals surface area contributed by atoms with E-state index in [0.29, 0.717) is 13.7 Å². The molecule has 0 nitrogen and oxygen atoms in total. The van der Waals surface area contributed by atoms with E-state index in [-0.39, 0.29) is 58.9 Å². The molecule has 0 aromatic heterocycles. The van der Waals surface area contributed by atoms with Crippen molar-refractivity contribution >= 4 is 58.9 Å². The van der Waals surface area contributed by atoms with Crippen LogP contribution >= 0.6 is 0 Å². The maximum absolute atomic E-state index is 2.39. The molecule has 0 heterocycles. The zero-order chi connectivity index (χ0) is 20.6. The van der Waals surface area contributed by atoms with Crippen LogP contribution in [0.1, 0.15) is 83.1 Å². The molecule has 0 aromatic carbocycles. The first kappa shape index (κ1) is 30.7. The van der Waals surface area contributed by atoms with Gasteiger partial charge in [0.15, 0.2) is 0 Å². The van der Waals surface area contributed by atoms with E-state index in [0.717, 1.165) is 0 Å². The van der Waals surface area contributed by atoms with E-state index in [4.69, 9.17) is 0 Å². The van der Waals surface area contributed by atoms with Gasteiger partial charge < -0.3 is 0 Å². The van der Waals surface area contributed by atoms with Crippen LogP contribution in [0, 0.1) is 0 Å². The largest absolute Gasteiger partial charge is 0.0735 e. The molecular weight excluding hydrogens is 534 g/mol. The molecule has 0 rings (SSSR count). The van der Waals surface area contributed by atoms with Crippen molar-refractivity contribution < 1.29 is 0 Å². The quantitative estimate of drug-likeness (QED) is 0.277. The van der Waals surface area contributed by atoms with Crippen LogP contribution in [0.4, 0.5) is 0 Å². The van der Waals surface area contributed by atoms with E-state index in [9.17, 15) is 0 Å². The summed E-state index contributed by atoms with van der Waals surface area (Å²) >= 11 is -0.363. The monoisotopic (exact) mass is 584 g/mol. The molecule has 0 saturated heterocycles. The maximum Gasteiger partial charge on any atom is 0.0307 e. The van der Waals surface area contributed by atoms with Gasteiger partial charge in [0.25, 0.3) is 0 Å². The first-order chi connectivity index (χ1) is 10.1. The van der Waals surface area contributed by atoms with E-state index in [1.165, 1.54) is 0 Å². The normalized spacial score (nSPS) is 13.2. The Bertz CT molecular complexity index is 242. The Balaban J connectivity index is -0.000000282. The first-order valence-corrected chi connectivity index (χ1v) is 21.0. The van der Waals surface area contributed by atoms with E-state index < -0.39 is 0 Å². The van der Waals surface area contributed by atoms with E-state index >= 15 is 0 Å². The molecule has 6 radical (unpaired) electrons. The summed E-state index contributed by atoms with van der Waals surface area (Å²) < 4.78 is 2.62. The van der Waals surface area contributed by atoms with Crippen molar-refractivity contribution in [3.8, 4) is 0 Å². The molecule has 24 heavy (non-hydrogen) atoms. The molecule has 144 valence electrons. The molecule has 0 aliphatic heterocycles. The molecule has 0 aliphatic rings. The average molecular weight is 582 g/mol. The van der Waals surface area contributed by atoms with Crippen molar-refractivity contribution in [1.29, 1.82) is 0 Å². The molecule has 0 bridgehead atoms. The summed E-state index contributed by atoms with van der Waals surface area (Å²) in [6.45, 7) is 37.9. The SMILES string of the molecule is C[C](C)(C)[Sn][C](C)(C)C.C[C](C)(C)[Sn][C](C)(C)C.C[Si](C)[Si](C)C. The van der Waals surface area contributed by atoms with Gasteiger partial charge in [-0.2, -0.15) is 0 Å². The molecule has 0 aliphatic carbocycles. The predicted molar refractivity (Wildman–Crippen MR) is 125 cm³/mol. The van der Waals surface area contributed by atoms with E-state index in [1.807, 2.05) is 0 Å². The van der Waals surface area contributed by atoms with Crippen LogP contribution in [0.25, 0.3) is 0 Å². The molecule has 0 atom stereocenters. The minimum atomic E-state index is -0.182. The van der Waals surface area contributed by atoms with Gasteiger partial charge >= 0.3 is 139 Å². The Morgan fingerprint density at radius 1 is 0.375 bits per heavy atom. The molecule has 4 heteroatoms. The standard InChI is InChI=1S/C4H12Si2.4C4H9.2Sn/c1-5(2)6(3)4;4*1-4(2)3;;/h1-4H3;4*1-3H3;;. The van der Waals surface area contributed by atoms with Gasteiger partial charge in [-0.1, -0.05) is 26.2 Å². The summed E-state index contributed by atoms with van der Waals surface area (Å²) in [4.78, 5) is 0. The molecular formula is C20H48Si2Sn2. The first-order valence-electron chi connectivity index (χ1n) is 9.25. The van der Waals surface area contributed by atoms with Gasteiger partial charge in [-0.25, -0.2) is 0 Å². The van der Waals surface area contributed by atoms with Crippen LogP contribution in [0.2, 0.25) is 39.9 Å². The topological polar surface area (TPSA) is 0 Å². The maximum atomic E-state index is 2.39. The second-order valence-electron chi connectivity index (χ2n) is 11.2. The second-order valence-corrected chi connectivity index (χ2v) is 39.8. The molecule has 0 amide bonds. The van der Waals surface area contributed by atoms with Crippen molar-refractivity contribution in [2.75, 3.05) is 0 Å². The fourth-order valence-corrected chi connectivity index (χ4v) is 15.1. The zero-order valence-corrected chi connectivity index (χ0v) is 27.7. The number of hydrogen-bond donors (Lipinski definition) is 0. The van der Waals surface area contributed by atoms with E-state index in [1.54, 1.807) is 0 Å². The van der Waals surface area contributed by atoms with Crippen molar-refractivity contribution in [2.24, 2.45) is 0 Å². The minimum Gasteiger partial charge on any atom is -0.0735 e. The third-order valence-electron chi connectivity index (χ3n) is 2.50. The van der Waals surface area contributed by atoms with Crippen molar-refractivity contribution in [1.82, 2.24) is 0 Å². The van der Waals surface area contributed by atoms with Crippen LogP contribution in [0.3, 0.4) is 0 Å². The van der Waals surface area contributed by atoms with E-state index in [2.05, 4.69) is 109 Å². The van der Waals surface area contributed by atoms with Crippen molar-refractivity contribution in [3.63, 3.8) is 0 Å². The van der Waals surface area contributed by atoms with Crippen LogP contribution in [-0.2, 0) is 0 Å². The predicted octanol–water partition coefficient (Wildman–Crippen LogP) is 7.83. The summed E-state index contributed by atoms with van der Waals surface area (Å²) in [5.74, 6) is 0. The van der Waals surface area contributed by atoms with Gasteiger partial charge in [-0.3, -0.25) is 0 Å². The Kier molecular flexibility index (Phi) is 16.0. The van der Waals surface area contributed by atoms with Gasteiger partial charge in [-0.15, -0.1) is 0 Å². The Labute approximate surface area is 180 Å². The van der Waals surface area contributed by atoms with Gasteiger partial charge in [0.05, 0.1) is 0 Å². The van der Waals surface area contributed by atoms with Gasteiger partial charge in [-0.05, 0) is 0 Å². The fourth-order valence-electron chi connectivity index (χ4n) is 2.25. The summed E-state index contributed by atoms with van der Waals surface area (Å²) in [6, 6.07) is 0. The Morgan fingerprint density at radius 2 is 0.500 bits per heavy atom. The van der Waals surface area contributed by atoms with Crippen LogP contribution in [-0.4, -0.2) is 58.9 Å². The third kappa shape index (κ3) is 39.2. The van der Waals surface area contributed by atoms with Gasteiger partial charge in [0.2, 0.25) is 0 Å². The van der Waals surface area contributed by atoms with Crippen molar-refractivity contribution in [3.05, 3.63) is 0 Å². The molecule has 0 spiro atoms. The molecule has 0 fully saturated rings. The van der Waals surface area contributed by atoms with Crippen LogP contribution in [0.5, 0.6) is 0 Å². The third-order valence-corrected chi connectivity index (χ3v) is 19.1. The molecule has 0 aromatic rings. The fraction of sp³-hybridized carbons (Fsp3) is 1.00. The Morgan fingerprint density at radius 3 is 0.500 bits per heavy atom. The number of rotatable bonds is 1. The number of hydrogen-bond acceptors (Lipinski definition) is 0. The summed E-state index contributed by atoms with van der Waals surface area (Å²) in [5.41, 5.74) is 0. The Hall–Kier alpha value is 2.03. The zero-order valence-electron chi connectivity index (χ0n) is 20.0. The summed E-state index contributed by atoms with van der Waals surface area (Å²) in [6.07, 6.45) is 0. The van der Waals surface area contributed by atoms with Gasteiger partial charge in [0, 0.05) is 16.6 Å². The smallest absolute Gasteiger partial charge is 0.0307 e. The van der Waals surface area contributed by atoms with Gasteiger partial charge in [0.1, 0.15) is 0 Å². The average Bonchev–Trinajstić information content (AvgIpc) is 2.05. The van der Waals surface area contributed by atoms with Crippen LogP contribution < -0.4 is 0 Å². The second kappa shape index (κ2) is 12.5. The summed E-state index contributed by atoms with van der Waals surface area (Å²) in [7, 11) is 0.300. The minimum absolute atomic E-state index is 0.150. The van der Waals surface area contributed by atoms with Crippen LogP contribution in [0.15, 0.2) is 0 Å².